The Hall–Kier alpha value is -3.37. The van der Waals surface area contributed by atoms with Gasteiger partial charge in [0.05, 0.1) is 4.92 Å². The van der Waals surface area contributed by atoms with Gasteiger partial charge < -0.3 is 24.3 Å². The molecule has 31 heavy (non-hydrogen) atoms. The van der Waals surface area contributed by atoms with Crippen LogP contribution in [0.3, 0.4) is 0 Å². The Morgan fingerprint density at radius 3 is 2.29 bits per heavy atom. The van der Waals surface area contributed by atoms with Crippen molar-refractivity contribution >= 4 is 23.9 Å². The highest BCUT2D eigenvalue weighted by atomic mass is 16.8. The molecule has 172 valence electrons. The van der Waals surface area contributed by atoms with Crippen molar-refractivity contribution in [2.75, 3.05) is 6.54 Å². The summed E-state index contributed by atoms with van der Waals surface area (Å²) in [6.07, 6.45) is -0.748. The number of hydrogen-bond acceptors (Lipinski definition) is 9. The molecule has 0 saturated carbocycles. The number of esters is 1. The van der Waals surface area contributed by atoms with Gasteiger partial charge in [-0.15, -0.1) is 0 Å². The van der Waals surface area contributed by atoms with Crippen molar-refractivity contribution in [1.29, 1.82) is 0 Å². The molecule has 1 rings (SSSR count). The summed E-state index contributed by atoms with van der Waals surface area (Å²) in [6.45, 7) is 7.12. The Balaban J connectivity index is 2.17. The molecule has 0 spiro atoms. The van der Waals surface area contributed by atoms with E-state index in [1.165, 1.54) is 31.2 Å². The maximum Gasteiger partial charge on any atom is 0.516 e. The molecule has 0 heterocycles. The van der Waals surface area contributed by atoms with Crippen molar-refractivity contribution in [3.05, 3.63) is 34.4 Å². The van der Waals surface area contributed by atoms with Crippen molar-refractivity contribution in [3.8, 4) is 5.75 Å². The normalized spacial score (nSPS) is 11.7. The molecule has 1 aromatic rings. The molecule has 1 aromatic carbocycles. The van der Waals surface area contributed by atoms with Crippen LogP contribution in [-0.4, -0.2) is 41.6 Å². The summed E-state index contributed by atoms with van der Waals surface area (Å²) < 4.78 is 19.7. The van der Waals surface area contributed by atoms with Crippen LogP contribution in [0.4, 0.5) is 15.3 Å². The van der Waals surface area contributed by atoms with Gasteiger partial charge in [0, 0.05) is 32.0 Å². The number of carbonyl (C=O) groups excluding carboxylic acids is 3. The van der Waals surface area contributed by atoms with Crippen LogP contribution in [0.2, 0.25) is 0 Å². The number of nitro groups is 1. The van der Waals surface area contributed by atoms with Crippen LogP contribution in [0.15, 0.2) is 24.3 Å². The van der Waals surface area contributed by atoms with Gasteiger partial charge in [-0.05, 0) is 45.7 Å². The minimum absolute atomic E-state index is 0.0501. The van der Waals surface area contributed by atoms with E-state index in [4.69, 9.17) is 18.9 Å². The fraction of sp³-hybridized carbons (Fsp3) is 0.550. The SMILES string of the molecule is CC(OC(=O)CCCCCNC(=O)OC(C)(C)C)OC(=O)Oc1ccc([N+](=O)[O-])cc1. The Morgan fingerprint density at radius 2 is 1.71 bits per heavy atom. The van der Waals surface area contributed by atoms with Crippen molar-refractivity contribution in [2.24, 2.45) is 0 Å². The highest BCUT2D eigenvalue weighted by molar-refractivity contribution is 5.70. The highest BCUT2D eigenvalue weighted by Gasteiger charge is 2.17. The van der Waals surface area contributed by atoms with E-state index in [0.29, 0.717) is 25.8 Å². The number of hydrogen-bond donors (Lipinski definition) is 1. The molecule has 0 radical (unpaired) electrons. The predicted molar refractivity (Wildman–Crippen MR) is 108 cm³/mol. The number of carbonyl (C=O) groups is 3. The lowest BCUT2D eigenvalue weighted by Crippen LogP contribution is -2.33. The van der Waals surface area contributed by atoms with Crippen LogP contribution >= 0.6 is 0 Å². The van der Waals surface area contributed by atoms with E-state index in [2.05, 4.69) is 5.32 Å². The Morgan fingerprint density at radius 1 is 1.06 bits per heavy atom. The van der Waals surface area contributed by atoms with Crippen molar-refractivity contribution in [1.82, 2.24) is 5.32 Å². The first-order chi connectivity index (χ1) is 14.5. The van der Waals surface area contributed by atoms with Crippen LogP contribution < -0.4 is 10.1 Å². The lowest BCUT2D eigenvalue weighted by Gasteiger charge is -2.19. The smallest absolute Gasteiger partial charge is 0.444 e. The number of non-ortho nitro benzene ring substituents is 1. The quantitative estimate of drug-likeness (QED) is 0.142. The van der Waals surface area contributed by atoms with E-state index in [0.717, 1.165) is 0 Å². The van der Waals surface area contributed by atoms with Gasteiger partial charge in [-0.1, -0.05) is 6.42 Å². The number of benzene rings is 1. The van der Waals surface area contributed by atoms with Gasteiger partial charge in [0.25, 0.3) is 5.69 Å². The highest BCUT2D eigenvalue weighted by Crippen LogP contribution is 2.18. The molecule has 1 atom stereocenters. The molecule has 0 aromatic heterocycles. The third-order valence-electron chi connectivity index (χ3n) is 3.53. The maximum atomic E-state index is 11.8. The number of alkyl carbamates (subject to hydrolysis) is 1. The molecule has 0 saturated heterocycles. The molecule has 0 bridgehead atoms. The first kappa shape index (κ1) is 25.7. The Kier molecular flexibility index (Phi) is 10.2. The van der Waals surface area contributed by atoms with Gasteiger partial charge in [-0.3, -0.25) is 14.9 Å². The van der Waals surface area contributed by atoms with Gasteiger partial charge >= 0.3 is 18.2 Å². The summed E-state index contributed by atoms with van der Waals surface area (Å²) in [4.78, 5) is 44.9. The Labute approximate surface area is 180 Å². The lowest BCUT2D eigenvalue weighted by atomic mass is 10.2. The van der Waals surface area contributed by atoms with E-state index in [-0.39, 0.29) is 17.9 Å². The average molecular weight is 440 g/mol. The van der Waals surface area contributed by atoms with Crippen LogP contribution in [0.1, 0.15) is 53.4 Å². The van der Waals surface area contributed by atoms with E-state index in [1.807, 2.05) is 0 Å². The third-order valence-corrected chi connectivity index (χ3v) is 3.53. The van der Waals surface area contributed by atoms with E-state index < -0.39 is 35.0 Å². The van der Waals surface area contributed by atoms with Gasteiger partial charge in [0.15, 0.2) is 0 Å². The van der Waals surface area contributed by atoms with Crippen molar-refractivity contribution in [2.45, 2.75) is 65.3 Å². The standard InChI is InChI=1S/C20H28N2O9/c1-14(29-19(25)30-16-11-9-15(10-12-16)22(26)27)28-17(23)8-6-5-7-13-21-18(24)31-20(2,3)4/h9-12,14H,5-8,13H2,1-4H3,(H,21,24). The van der Waals surface area contributed by atoms with Gasteiger partial charge in [0.1, 0.15) is 11.4 Å². The summed E-state index contributed by atoms with van der Waals surface area (Å²) in [6, 6.07) is 4.84. The number of ether oxygens (including phenoxy) is 4. The number of nitrogens with one attached hydrogen (secondary N) is 1. The molecule has 11 nitrogen and oxygen atoms in total. The van der Waals surface area contributed by atoms with Crippen LogP contribution in [0.5, 0.6) is 5.75 Å². The van der Waals surface area contributed by atoms with Crippen LogP contribution in [-0.2, 0) is 19.0 Å². The second-order valence-corrected chi connectivity index (χ2v) is 7.52. The van der Waals surface area contributed by atoms with Gasteiger partial charge in [-0.25, -0.2) is 9.59 Å². The zero-order valence-corrected chi connectivity index (χ0v) is 18.0. The average Bonchev–Trinajstić information content (AvgIpc) is 2.63. The molecule has 0 aliphatic heterocycles. The summed E-state index contributed by atoms with van der Waals surface area (Å²) in [5, 5.41) is 13.2. The molecule has 0 fully saturated rings. The maximum absolute atomic E-state index is 11.8. The molecular weight excluding hydrogens is 412 g/mol. The largest absolute Gasteiger partial charge is 0.516 e. The van der Waals surface area contributed by atoms with Crippen molar-refractivity contribution < 1.29 is 38.3 Å². The minimum Gasteiger partial charge on any atom is -0.444 e. The molecule has 0 aliphatic carbocycles. The second kappa shape index (κ2) is 12.4. The lowest BCUT2D eigenvalue weighted by molar-refractivity contribution is -0.384. The fourth-order valence-corrected chi connectivity index (χ4v) is 2.24. The second-order valence-electron chi connectivity index (χ2n) is 7.52. The first-order valence-corrected chi connectivity index (χ1v) is 9.75. The zero-order chi connectivity index (χ0) is 23.4. The molecular formula is C20H28N2O9. The summed E-state index contributed by atoms with van der Waals surface area (Å²) in [5.74, 6) is -0.496. The molecule has 0 aliphatic rings. The number of amides is 1. The molecule has 1 unspecified atom stereocenters. The summed E-state index contributed by atoms with van der Waals surface area (Å²) >= 11 is 0. The monoisotopic (exact) mass is 440 g/mol. The van der Waals surface area contributed by atoms with Gasteiger partial charge in [-0.2, -0.15) is 0 Å². The predicted octanol–water partition coefficient (Wildman–Crippen LogP) is 4.08. The number of nitro benzene ring substituents is 1. The van der Waals surface area contributed by atoms with Gasteiger partial charge in [0.2, 0.25) is 6.29 Å². The van der Waals surface area contributed by atoms with Crippen LogP contribution in [0.25, 0.3) is 0 Å². The number of nitrogens with zero attached hydrogens (tertiary/aromatic N) is 1. The van der Waals surface area contributed by atoms with E-state index >= 15 is 0 Å². The number of rotatable bonds is 10. The number of unbranched alkanes of at least 4 members (excludes halogenated alkanes) is 2. The zero-order valence-electron chi connectivity index (χ0n) is 18.0. The fourth-order valence-electron chi connectivity index (χ4n) is 2.24. The van der Waals surface area contributed by atoms with Crippen molar-refractivity contribution in [3.63, 3.8) is 0 Å². The molecule has 1 amide bonds. The minimum atomic E-state index is -1.16. The van der Waals surface area contributed by atoms with Crippen LogP contribution in [0, 0.1) is 10.1 Å². The van der Waals surface area contributed by atoms with E-state index in [1.54, 1.807) is 20.8 Å². The molecule has 1 N–H and O–H groups in total. The topological polar surface area (TPSA) is 143 Å². The third kappa shape index (κ3) is 12.0. The van der Waals surface area contributed by atoms with E-state index in [9.17, 15) is 24.5 Å². The summed E-state index contributed by atoms with van der Waals surface area (Å²) in [7, 11) is 0. The molecule has 11 heteroatoms. The summed E-state index contributed by atoms with van der Waals surface area (Å²) in [5.41, 5.74) is -0.704. The Bertz CT molecular complexity index is 757. The first-order valence-electron chi connectivity index (χ1n) is 9.75.